The van der Waals surface area contributed by atoms with Crippen molar-refractivity contribution >= 4 is 67.3 Å². The molecular weight excluding hydrogens is 448 g/mol. The first-order chi connectivity index (χ1) is 13.2. The van der Waals surface area contributed by atoms with Gasteiger partial charge in [-0.3, -0.25) is 4.79 Å². The van der Waals surface area contributed by atoms with E-state index in [1.54, 1.807) is 11.3 Å². The fraction of sp³-hybridized carbons (Fsp3) is 0.278. The van der Waals surface area contributed by atoms with Gasteiger partial charge in [0.05, 0.1) is 26.7 Å². The molecule has 1 saturated heterocycles. The van der Waals surface area contributed by atoms with Gasteiger partial charge in [-0.15, -0.1) is 11.3 Å². The minimum Gasteiger partial charge on any atom is -0.438 e. The maximum atomic E-state index is 12.0. The average molecular weight is 465 g/mol. The van der Waals surface area contributed by atoms with Gasteiger partial charge in [0, 0.05) is 19.2 Å². The molecule has 1 amide bonds. The van der Waals surface area contributed by atoms with E-state index >= 15 is 0 Å². The Morgan fingerprint density at radius 2 is 2.22 bits per heavy atom. The Bertz CT molecular complexity index is 946. The Balaban J connectivity index is 1.29. The highest BCUT2D eigenvalue weighted by Gasteiger charge is 2.19. The lowest BCUT2D eigenvalue weighted by atomic mass is 10.3. The van der Waals surface area contributed by atoms with Crippen molar-refractivity contribution in [3.8, 4) is 0 Å². The van der Waals surface area contributed by atoms with E-state index in [0.717, 1.165) is 38.0 Å². The molecule has 1 N–H and O–H groups in total. The van der Waals surface area contributed by atoms with Crippen molar-refractivity contribution in [1.29, 1.82) is 0 Å². The minimum absolute atomic E-state index is 0.180. The highest BCUT2D eigenvalue weighted by Crippen LogP contribution is 2.32. The fourth-order valence-electron chi connectivity index (χ4n) is 2.82. The zero-order chi connectivity index (χ0) is 18.6. The molecule has 0 spiro atoms. The molecule has 3 heterocycles. The second-order valence-electron chi connectivity index (χ2n) is 6.03. The van der Waals surface area contributed by atoms with E-state index in [1.807, 2.05) is 30.3 Å². The van der Waals surface area contributed by atoms with Gasteiger partial charge in [-0.25, -0.2) is 10.4 Å². The van der Waals surface area contributed by atoms with Gasteiger partial charge >= 0.3 is 0 Å². The number of carbonyl (C=O) groups excluding carboxylic acids is 1. The monoisotopic (exact) mass is 464 g/mol. The molecule has 1 aliphatic heterocycles. The van der Waals surface area contributed by atoms with Gasteiger partial charge in [-0.05, 0) is 40.9 Å². The summed E-state index contributed by atoms with van der Waals surface area (Å²) in [6.45, 7) is 2.00. The number of furan rings is 1. The summed E-state index contributed by atoms with van der Waals surface area (Å²) < 4.78 is 8.71. The van der Waals surface area contributed by atoms with E-state index < -0.39 is 0 Å². The number of anilines is 1. The van der Waals surface area contributed by atoms with Gasteiger partial charge in [0.1, 0.15) is 0 Å². The van der Waals surface area contributed by atoms with Crippen molar-refractivity contribution in [3.63, 3.8) is 0 Å². The van der Waals surface area contributed by atoms with Crippen molar-refractivity contribution in [2.45, 2.75) is 17.2 Å². The number of aromatic nitrogens is 1. The van der Waals surface area contributed by atoms with E-state index in [9.17, 15) is 4.79 Å². The summed E-state index contributed by atoms with van der Waals surface area (Å²) in [6, 6.07) is 9.80. The lowest BCUT2D eigenvalue weighted by Crippen LogP contribution is -2.19. The standard InChI is InChI=1S/C18H17BrN4O2S2/c19-13-9-12(25-17(13)23-7-3-4-8-23)10-20-22-16(24)11-26-18-21-14-5-1-2-6-15(14)27-18/h1-2,5-6,9-10H,3-4,7-8,11H2,(H,22,24)/b20-10+. The first-order valence-corrected chi connectivity index (χ1v) is 11.1. The number of nitrogens with zero attached hydrogens (tertiary/aromatic N) is 3. The first-order valence-electron chi connectivity index (χ1n) is 8.53. The van der Waals surface area contributed by atoms with Crippen molar-refractivity contribution in [2.75, 3.05) is 23.7 Å². The Kier molecular flexibility index (Phi) is 5.80. The number of nitrogens with one attached hydrogen (secondary N) is 1. The summed E-state index contributed by atoms with van der Waals surface area (Å²) in [6.07, 6.45) is 3.88. The number of amides is 1. The largest absolute Gasteiger partial charge is 0.438 e. The molecule has 9 heteroatoms. The maximum Gasteiger partial charge on any atom is 0.250 e. The van der Waals surface area contributed by atoms with Crippen molar-refractivity contribution < 1.29 is 9.21 Å². The summed E-state index contributed by atoms with van der Waals surface area (Å²) in [5.41, 5.74) is 3.49. The predicted octanol–water partition coefficient (Wildman–Crippen LogP) is 4.49. The van der Waals surface area contributed by atoms with Crippen molar-refractivity contribution in [3.05, 3.63) is 40.6 Å². The topological polar surface area (TPSA) is 70.7 Å². The molecule has 0 aliphatic carbocycles. The number of fused-ring (bicyclic) bond motifs is 1. The highest BCUT2D eigenvalue weighted by molar-refractivity contribution is 9.10. The molecule has 1 aromatic carbocycles. The third kappa shape index (κ3) is 4.53. The van der Waals surface area contributed by atoms with Crippen LogP contribution in [0.4, 0.5) is 5.88 Å². The van der Waals surface area contributed by atoms with Crippen LogP contribution in [-0.2, 0) is 4.79 Å². The molecule has 3 aromatic rings. The Labute approximate surface area is 173 Å². The first kappa shape index (κ1) is 18.5. The Morgan fingerprint density at radius 1 is 1.41 bits per heavy atom. The summed E-state index contributed by atoms with van der Waals surface area (Å²) in [4.78, 5) is 18.7. The van der Waals surface area contributed by atoms with Gasteiger partial charge in [0.15, 0.2) is 10.1 Å². The summed E-state index contributed by atoms with van der Waals surface area (Å²) in [5, 5.41) is 3.99. The Morgan fingerprint density at radius 3 is 3.04 bits per heavy atom. The molecule has 1 aliphatic rings. The van der Waals surface area contributed by atoms with Gasteiger partial charge in [-0.1, -0.05) is 23.9 Å². The predicted molar refractivity (Wildman–Crippen MR) is 114 cm³/mol. The molecule has 6 nitrogen and oxygen atoms in total. The molecule has 0 radical (unpaired) electrons. The van der Waals surface area contributed by atoms with Crippen LogP contribution in [0.15, 0.2) is 48.7 Å². The second kappa shape index (κ2) is 8.45. The Hall–Kier alpha value is -1.84. The normalized spacial score (nSPS) is 14.5. The molecule has 0 bridgehead atoms. The van der Waals surface area contributed by atoms with Crippen LogP contribution in [0.2, 0.25) is 0 Å². The van der Waals surface area contributed by atoms with Crippen LogP contribution in [0.1, 0.15) is 18.6 Å². The van der Waals surface area contributed by atoms with Crippen LogP contribution in [0, 0.1) is 0 Å². The number of hydrazone groups is 1. The number of hydrogen-bond donors (Lipinski definition) is 1. The third-order valence-corrected chi connectivity index (χ3v) is 6.81. The zero-order valence-corrected chi connectivity index (χ0v) is 17.6. The molecule has 0 unspecified atom stereocenters. The molecule has 140 valence electrons. The van der Waals surface area contributed by atoms with Crippen molar-refractivity contribution in [1.82, 2.24) is 10.4 Å². The van der Waals surface area contributed by atoms with Crippen LogP contribution < -0.4 is 10.3 Å². The quantitative estimate of drug-likeness (QED) is 0.330. The molecule has 2 aromatic heterocycles. The van der Waals surface area contributed by atoms with E-state index in [1.165, 1.54) is 30.8 Å². The smallest absolute Gasteiger partial charge is 0.250 e. The van der Waals surface area contributed by atoms with Crippen LogP contribution in [0.25, 0.3) is 10.2 Å². The lowest BCUT2D eigenvalue weighted by Gasteiger charge is -2.13. The summed E-state index contributed by atoms with van der Waals surface area (Å²) in [7, 11) is 0. The summed E-state index contributed by atoms with van der Waals surface area (Å²) >= 11 is 6.51. The minimum atomic E-state index is -0.180. The van der Waals surface area contributed by atoms with Crippen molar-refractivity contribution in [2.24, 2.45) is 5.10 Å². The van der Waals surface area contributed by atoms with Gasteiger partial charge in [-0.2, -0.15) is 5.10 Å². The van der Waals surface area contributed by atoms with E-state index in [-0.39, 0.29) is 11.7 Å². The summed E-state index contributed by atoms with van der Waals surface area (Å²) in [5.74, 6) is 1.51. The lowest BCUT2D eigenvalue weighted by molar-refractivity contribution is -0.118. The van der Waals surface area contributed by atoms with Gasteiger partial charge in [0.25, 0.3) is 5.91 Å². The number of carbonyl (C=O) groups is 1. The number of halogens is 1. The van der Waals surface area contributed by atoms with Gasteiger partial charge < -0.3 is 9.32 Å². The average Bonchev–Trinajstić information content (AvgIpc) is 3.39. The van der Waals surface area contributed by atoms with Crippen LogP contribution in [-0.4, -0.2) is 35.9 Å². The number of rotatable bonds is 6. The number of benzene rings is 1. The highest BCUT2D eigenvalue weighted by atomic mass is 79.9. The maximum absolute atomic E-state index is 12.0. The zero-order valence-electron chi connectivity index (χ0n) is 14.4. The molecule has 27 heavy (non-hydrogen) atoms. The number of thioether (sulfide) groups is 1. The second-order valence-corrected chi connectivity index (χ2v) is 9.13. The molecule has 0 atom stereocenters. The number of hydrogen-bond acceptors (Lipinski definition) is 7. The molecular formula is C18H17BrN4O2S2. The molecule has 0 saturated carbocycles. The van der Waals surface area contributed by atoms with Gasteiger partial charge in [0.2, 0.25) is 5.88 Å². The molecule has 4 rings (SSSR count). The van der Waals surface area contributed by atoms with E-state index in [0.29, 0.717) is 5.76 Å². The fourth-order valence-corrected chi connectivity index (χ4v) is 5.23. The molecule has 1 fully saturated rings. The SMILES string of the molecule is O=C(CSc1nc2ccccc2s1)N/N=C/c1cc(Br)c(N2CCCC2)o1. The number of para-hydroxylation sites is 1. The van der Waals surface area contributed by atoms with E-state index in [2.05, 4.69) is 36.3 Å². The third-order valence-electron chi connectivity index (χ3n) is 4.06. The number of thiazole rings is 1. The van der Waals surface area contributed by atoms with Crippen LogP contribution >= 0.6 is 39.0 Å². The van der Waals surface area contributed by atoms with Crippen LogP contribution in [0.3, 0.4) is 0 Å². The van der Waals surface area contributed by atoms with Crippen LogP contribution in [0.5, 0.6) is 0 Å². The van der Waals surface area contributed by atoms with E-state index in [4.69, 9.17) is 4.42 Å².